The van der Waals surface area contributed by atoms with Gasteiger partial charge in [-0.2, -0.15) is 0 Å². The van der Waals surface area contributed by atoms with Crippen LogP contribution in [0.5, 0.6) is 11.5 Å². The molecule has 0 heterocycles. The number of hydrogen-bond acceptors (Lipinski definition) is 5. The van der Waals surface area contributed by atoms with Gasteiger partial charge in [0.15, 0.2) is 0 Å². The Morgan fingerprint density at radius 3 is 1.43 bits per heavy atom. The van der Waals surface area contributed by atoms with E-state index >= 15 is 0 Å². The van der Waals surface area contributed by atoms with Crippen LogP contribution < -0.4 is 9.47 Å². The van der Waals surface area contributed by atoms with Gasteiger partial charge in [-0.1, -0.05) is 11.8 Å². The fraction of sp³-hybridized carbons (Fsp3) is 0.261. The molecule has 0 aliphatic carbocycles. The molecule has 0 fully saturated rings. The molecule has 0 radical (unpaired) electrons. The molecule has 0 spiro atoms. The van der Waals surface area contributed by atoms with Gasteiger partial charge in [0, 0.05) is 25.3 Å². The van der Waals surface area contributed by atoms with Crippen molar-refractivity contribution in [3.8, 4) is 35.2 Å². The Morgan fingerprint density at radius 1 is 0.679 bits per heavy atom. The number of hydrogen-bond donors (Lipinski definition) is 0. The van der Waals surface area contributed by atoms with Crippen LogP contribution >= 0.6 is 0 Å². The van der Waals surface area contributed by atoms with Crippen molar-refractivity contribution in [2.45, 2.75) is 0 Å². The van der Waals surface area contributed by atoms with E-state index in [1.165, 1.54) is 0 Å². The third kappa shape index (κ3) is 7.97. The molecule has 0 bridgehead atoms. The van der Waals surface area contributed by atoms with Crippen molar-refractivity contribution < 1.29 is 23.7 Å². The number of ketones is 1. The molecular weight excluding hydrogens is 356 g/mol. The van der Waals surface area contributed by atoms with Gasteiger partial charge in [0.25, 0.3) is 5.78 Å². The Hall–Kier alpha value is -3.25. The summed E-state index contributed by atoms with van der Waals surface area (Å²) in [6.45, 7) is 2.02. The second-order valence-corrected chi connectivity index (χ2v) is 5.56. The number of ether oxygens (including phenoxy) is 4. The molecular formula is C23H22O5. The highest BCUT2D eigenvalue weighted by molar-refractivity contribution is 6.09. The number of methoxy groups -OCH3 is 2. The van der Waals surface area contributed by atoms with Crippen LogP contribution in [0.4, 0.5) is 0 Å². The van der Waals surface area contributed by atoms with Crippen molar-refractivity contribution in [3.63, 3.8) is 0 Å². The smallest absolute Gasteiger partial charge is 0.279 e. The summed E-state index contributed by atoms with van der Waals surface area (Å²) in [4.78, 5) is 11.8. The number of carbonyl (C=O) groups is 1. The number of carbonyl (C=O) groups excluding carboxylic acids is 1. The summed E-state index contributed by atoms with van der Waals surface area (Å²) in [5.74, 6) is 11.7. The molecule has 0 amide bonds. The molecule has 0 atom stereocenters. The summed E-state index contributed by atoms with van der Waals surface area (Å²) < 4.78 is 20.8. The highest BCUT2D eigenvalue weighted by atomic mass is 16.5. The third-order valence-electron chi connectivity index (χ3n) is 3.46. The summed E-state index contributed by atoms with van der Waals surface area (Å²) in [6, 6.07) is 14.4. The summed E-state index contributed by atoms with van der Waals surface area (Å²) >= 11 is 0. The van der Waals surface area contributed by atoms with Gasteiger partial charge >= 0.3 is 0 Å². The lowest BCUT2D eigenvalue weighted by Gasteiger charge is -2.04. The molecule has 0 unspecified atom stereocenters. The molecule has 0 aliphatic rings. The van der Waals surface area contributed by atoms with Gasteiger partial charge in [-0.05, 0) is 60.4 Å². The van der Waals surface area contributed by atoms with Gasteiger partial charge in [0.2, 0.25) is 0 Å². The van der Waals surface area contributed by atoms with Crippen LogP contribution in [0.2, 0.25) is 0 Å². The average Bonchev–Trinajstić information content (AvgIpc) is 2.73. The summed E-state index contributed by atoms with van der Waals surface area (Å²) in [7, 11) is 3.24. The van der Waals surface area contributed by atoms with Crippen LogP contribution in [0, 0.1) is 23.7 Å². The Balaban J connectivity index is 1.87. The maximum atomic E-state index is 11.8. The first kappa shape index (κ1) is 21.1. The molecule has 0 saturated carbocycles. The van der Waals surface area contributed by atoms with E-state index in [1.807, 2.05) is 0 Å². The molecule has 0 aromatic heterocycles. The number of benzene rings is 2. The standard InChI is InChI=1S/C23H22O5/c1-25-15-17-27-22-11-5-19(6-12-22)3-9-21(24)10-4-20-7-13-23(14-8-20)28-18-16-26-2/h5-8,11-14H,15-18H2,1-2H3. The van der Waals surface area contributed by atoms with Crippen LogP contribution in [-0.4, -0.2) is 46.4 Å². The van der Waals surface area contributed by atoms with E-state index in [9.17, 15) is 4.79 Å². The molecule has 2 aromatic rings. The fourth-order valence-corrected chi connectivity index (χ4v) is 2.04. The zero-order valence-electron chi connectivity index (χ0n) is 16.0. The van der Waals surface area contributed by atoms with Crippen LogP contribution in [0.3, 0.4) is 0 Å². The molecule has 28 heavy (non-hydrogen) atoms. The van der Waals surface area contributed by atoms with Gasteiger partial charge in [0.05, 0.1) is 13.2 Å². The van der Waals surface area contributed by atoms with Crippen LogP contribution in [0.25, 0.3) is 0 Å². The highest BCUT2D eigenvalue weighted by Crippen LogP contribution is 2.12. The first-order valence-corrected chi connectivity index (χ1v) is 8.73. The van der Waals surface area contributed by atoms with E-state index in [0.717, 1.165) is 11.5 Å². The molecule has 5 heteroatoms. The van der Waals surface area contributed by atoms with Crippen molar-refractivity contribution in [2.24, 2.45) is 0 Å². The van der Waals surface area contributed by atoms with Gasteiger partial charge in [-0.15, -0.1) is 0 Å². The molecule has 144 valence electrons. The maximum absolute atomic E-state index is 11.8. The van der Waals surface area contributed by atoms with E-state index in [2.05, 4.69) is 23.7 Å². The minimum Gasteiger partial charge on any atom is -0.491 e. The minimum absolute atomic E-state index is 0.444. The van der Waals surface area contributed by atoms with E-state index in [0.29, 0.717) is 37.6 Å². The molecule has 0 aliphatic heterocycles. The first-order chi connectivity index (χ1) is 13.7. The van der Waals surface area contributed by atoms with Gasteiger partial charge in [0.1, 0.15) is 24.7 Å². The molecule has 2 rings (SSSR count). The summed E-state index contributed by atoms with van der Waals surface area (Å²) in [5.41, 5.74) is 1.43. The zero-order chi connectivity index (χ0) is 20.0. The Bertz CT molecular complexity index is 788. The van der Waals surface area contributed by atoms with E-state index < -0.39 is 5.78 Å². The molecule has 5 nitrogen and oxygen atoms in total. The lowest BCUT2D eigenvalue weighted by atomic mass is 10.2. The quantitative estimate of drug-likeness (QED) is 0.522. The third-order valence-corrected chi connectivity index (χ3v) is 3.46. The van der Waals surface area contributed by atoms with E-state index in [-0.39, 0.29) is 0 Å². The zero-order valence-corrected chi connectivity index (χ0v) is 16.0. The lowest BCUT2D eigenvalue weighted by Crippen LogP contribution is -2.03. The topological polar surface area (TPSA) is 54.0 Å². The summed E-state index contributed by atoms with van der Waals surface area (Å²) in [5, 5.41) is 0. The monoisotopic (exact) mass is 378 g/mol. The van der Waals surface area contributed by atoms with Crippen molar-refractivity contribution in [3.05, 3.63) is 59.7 Å². The Morgan fingerprint density at radius 2 is 1.07 bits per heavy atom. The van der Waals surface area contributed by atoms with E-state index in [1.54, 1.807) is 62.8 Å². The predicted molar refractivity (Wildman–Crippen MR) is 106 cm³/mol. The van der Waals surface area contributed by atoms with Crippen LogP contribution in [0.15, 0.2) is 48.5 Å². The minimum atomic E-state index is -0.444. The normalized spacial score (nSPS) is 9.50. The number of Topliss-reactive ketones (excluding diaryl/α,β-unsaturated/α-hetero) is 1. The van der Waals surface area contributed by atoms with Crippen molar-refractivity contribution in [2.75, 3.05) is 40.6 Å². The first-order valence-electron chi connectivity index (χ1n) is 8.73. The largest absolute Gasteiger partial charge is 0.491 e. The Labute approximate surface area is 165 Å². The van der Waals surface area contributed by atoms with Crippen LogP contribution in [-0.2, 0) is 14.3 Å². The maximum Gasteiger partial charge on any atom is 0.279 e. The van der Waals surface area contributed by atoms with Gasteiger partial charge < -0.3 is 18.9 Å². The SMILES string of the molecule is COCCOc1ccc(C#CC(=O)C#Cc2ccc(OCCOC)cc2)cc1. The second-order valence-electron chi connectivity index (χ2n) is 5.56. The molecule has 0 saturated heterocycles. The fourth-order valence-electron chi connectivity index (χ4n) is 2.04. The molecule has 2 aromatic carbocycles. The second kappa shape index (κ2) is 12.2. The average molecular weight is 378 g/mol. The summed E-state index contributed by atoms with van der Waals surface area (Å²) in [6.07, 6.45) is 0. The highest BCUT2D eigenvalue weighted by Gasteiger charge is 1.96. The predicted octanol–water partition coefficient (Wildman–Crippen LogP) is 2.71. The van der Waals surface area contributed by atoms with Crippen molar-refractivity contribution in [1.82, 2.24) is 0 Å². The Kier molecular flexibility index (Phi) is 9.17. The number of rotatable bonds is 8. The van der Waals surface area contributed by atoms with Crippen LogP contribution in [0.1, 0.15) is 11.1 Å². The lowest BCUT2D eigenvalue weighted by molar-refractivity contribution is -0.108. The molecule has 0 N–H and O–H groups in total. The van der Waals surface area contributed by atoms with E-state index in [4.69, 9.17) is 18.9 Å². The van der Waals surface area contributed by atoms with Gasteiger partial charge in [-0.25, -0.2) is 0 Å². The van der Waals surface area contributed by atoms with Crippen molar-refractivity contribution >= 4 is 5.78 Å². The van der Waals surface area contributed by atoms with Gasteiger partial charge in [-0.3, -0.25) is 4.79 Å². The van der Waals surface area contributed by atoms with Crippen molar-refractivity contribution in [1.29, 1.82) is 0 Å².